The molecule has 10 aromatic carbocycles. The highest BCUT2D eigenvalue weighted by Gasteiger charge is 2.54. The van der Waals surface area contributed by atoms with Crippen LogP contribution in [0, 0.1) is 0 Å². The molecule has 13 rings (SSSR count). The van der Waals surface area contributed by atoms with E-state index in [4.69, 9.17) is 4.42 Å². The Morgan fingerprint density at radius 2 is 0.868 bits per heavy atom. The second-order valence-corrected chi connectivity index (χ2v) is 30.0. The van der Waals surface area contributed by atoms with Gasteiger partial charge in [0, 0.05) is 44.0 Å². The molecule has 374 valence electrons. The number of rotatable bonds is 8. The number of para-hydroxylation sites is 1. The van der Waals surface area contributed by atoms with Gasteiger partial charge in [0.15, 0.2) is 0 Å². The molecule has 0 saturated carbocycles. The van der Waals surface area contributed by atoms with E-state index >= 15 is 0 Å². The summed E-state index contributed by atoms with van der Waals surface area (Å²) in [4.78, 5) is 6.24. The van der Waals surface area contributed by atoms with Crippen molar-refractivity contribution in [1.82, 2.24) is 0 Å². The van der Waals surface area contributed by atoms with Crippen LogP contribution in [0.5, 0.6) is 0 Å². The topological polar surface area (TPSA) is 19.6 Å². The van der Waals surface area contributed by atoms with E-state index in [1.165, 1.54) is 70.9 Å². The normalized spacial score (nSPS) is 13.6. The van der Waals surface area contributed by atoms with Gasteiger partial charge < -0.3 is 14.2 Å². The van der Waals surface area contributed by atoms with Crippen LogP contribution in [-0.4, -0.2) is 14.3 Å². The van der Waals surface area contributed by atoms with Crippen LogP contribution in [0.15, 0.2) is 216 Å². The van der Waals surface area contributed by atoms with Gasteiger partial charge in [-0.25, -0.2) is 0 Å². The summed E-state index contributed by atoms with van der Waals surface area (Å²) in [5.41, 5.74) is 20.3. The number of fused-ring (bicyclic) bond motifs is 16. The maximum absolute atomic E-state index is 7.50. The molecule has 3 nitrogen and oxygen atoms in total. The highest BCUT2D eigenvalue weighted by molar-refractivity contribution is 7.98. The molecule has 0 radical (unpaired) electrons. The largest absolute Gasteiger partial charge is 0.455 e. The Bertz CT molecular complexity index is 3970. The Hall–Kier alpha value is -7.57. The van der Waals surface area contributed by atoms with Gasteiger partial charge >= 0.3 is 0 Å². The van der Waals surface area contributed by atoms with Crippen LogP contribution < -0.4 is 15.0 Å². The smallest absolute Gasteiger partial charge is 0.145 e. The van der Waals surface area contributed by atoms with Crippen molar-refractivity contribution >= 4 is 91.9 Å². The van der Waals surface area contributed by atoms with Gasteiger partial charge in [0.25, 0.3) is 0 Å². The molecule has 0 atom stereocenters. The predicted octanol–water partition coefficient (Wildman–Crippen LogP) is 19.9. The van der Waals surface area contributed by atoms with Crippen molar-refractivity contribution in [3.05, 3.63) is 240 Å². The third-order valence-corrected chi connectivity index (χ3v) is 19.3. The van der Waals surface area contributed by atoms with Crippen LogP contribution in [0.2, 0.25) is 19.6 Å². The lowest BCUT2D eigenvalue weighted by Gasteiger charge is -2.34. The lowest BCUT2D eigenvalue weighted by atomic mass is 9.70. The number of thioether (sulfide) groups is 1. The zero-order valence-corrected chi connectivity index (χ0v) is 47.2. The van der Waals surface area contributed by atoms with E-state index in [2.05, 4.69) is 283 Å². The van der Waals surface area contributed by atoms with Crippen molar-refractivity contribution in [2.24, 2.45) is 0 Å². The lowest BCUT2D eigenvalue weighted by Crippen LogP contribution is -2.37. The summed E-state index contributed by atoms with van der Waals surface area (Å²) >= 11 is 1.77. The fourth-order valence-electron chi connectivity index (χ4n) is 12.6. The first-order valence-electron chi connectivity index (χ1n) is 26.9. The summed E-state index contributed by atoms with van der Waals surface area (Å²) in [6, 6.07) is 78.4. The van der Waals surface area contributed by atoms with Crippen LogP contribution in [0.25, 0.3) is 55.0 Å². The first-order valence-corrected chi connectivity index (χ1v) is 31.6. The van der Waals surface area contributed by atoms with Gasteiger partial charge in [0.2, 0.25) is 0 Å². The Balaban J connectivity index is 1.19. The van der Waals surface area contributed by atoms with Crippen molar-refractivity contribution in [2.75, 3.05) is 16.1 Å². The highest BCUT2D eigenvalue weighted by atomic mass is 32.2. The Kier molecular flexibility index (Phi) is 11.1. The molecule has 0 bridgehead atoms. The Morgan fingerprint density at radius 1 is 0.434 bits per heavy atom. The van der Waals surface area contributed by atoms with Gasteiger partial charge in [-0.2, -0.15) is 0 Å². The Labute approximate surface area is 453 Å². The molecule has 1 spiro atoms. The summed E-state index contributed by atoms with van der Waals surface area (Å²) in [5, 5.41) is 6.01. The summed E-state index contributed by atoms with van der Waals surface area (Å²) in [6.07, 6.45) is 2.15. The number of hydrogen-bond donors (Lipinski definition) is 0. The van der Waals surface area contributed by atoms with Crippen molar-refractivity contribution in [2.45, 2.75) is 82.3 Å². The second kappa shape index (κ2) is 17.5. The molecule has 2 aliphatic carbocycles. The summed E-state index contributed by atoms with van der Waals surface area (Å²) in [6.45, 7) is 21.1. The molecule has 2 aliphatic rings. The molecule has 0 aliphatic heterocycles. The van der Waals surface area contributed by atoms with Crippen molar-refractivity contribution < 1.29 is 4.42 Å². The maximum Gasteiger partial charge on any atom is 0.145 e. The van der Waals surface area contributed by atoms with Crippen LogP contribution >= 0.6 is 11.8 Å². The molecule has 0 saturated heterocycles. The minimum absolute atomic E-state index is 0.00309. The molecule has 0 fully saturated rings. The third kappa shape index (κ3) is 7.37. The zero-order valence-electron chi connectivity index (χ0n) is 45.3. The Morgan fingerprint density at radius 3 is 1.39 bits per heavy atom. The van der Waals surface area contributed by atoms with Crippen molar-refractivity contribution in [1.29, 1.82) is 0 Å². The minimum Gasteiger partial charge on any atom is -0.455 e. The van der Waals surface area contributed by atoms with Crippen LogP contribution in [0.1, 0.15) is 74.9 Å². The summed E-state index contributed by atoms with van der Waals surface area (Å²) in [7, 11) is -1.60. The van der Waals surface area contributed by atoms with E-state index in [-0.39, 0.29) is 10.8 Å². The van der Waals surface area contributed by atoms with E-state index in [1.54, 1.807) is 11.8 Å². The van der Waals surface area contributed by atoms with E-state index < -0.39 is 13.5 Å². The van der Waals surface area contributed by atoms with Gasteiger partial charge in [0.05, 0.1) is 30.2 Å². The van der Waals surface area contributed by atoms with Gasteiger partial charge in [-0.3, -0.25) is 0 Å². The number of benzene rings is 10. The van der Waals surface area contributed by atoms with Gasteiger partial charge in [-0.05, 0) is 151 Å². The number of anilines is 6. The molecule has 1 heterocycles. The first kappa shape index (κ1) is 48.1. The molecule has 0 N–H and O–H groups in total. The molecular formula is C71H64N2OSSi. The average Bonchev–Trinajstić information content (AvgIpc) is 4.06. The fourth-order valence-corrected chi connectivity index (χ4v) is 14.2. The number of hydrogen-bond acceptors (Lipinski definition) is 4. The van der Waals surface area contributed by atoms with Crippen molar-refractivity contribution in [3.8, 4) is 22.3 Å². The highest BCUT2D eigenvalue weighted by Crippen LogP contribution is 2.67. The quantitative estimate of drug-likeness (QED) is 0.112. The van der Waals surface area contributed by atoms with Crippen LogP contribution in [0.4, 0.5) is 34.1 Å². The monoisotopic (exact) mass is 1020 g/mol. The number of furan rings is 1. The summed E-state index contributed by atoms with van der Waals surface area (Å²) < 4.78 is 7.50. The van der Waals surface area contributed by atoms with E-state index in [1.807, 2.05) is 0 Å². The average molecular weight is 1020 g/mol. The van der Waals surface area contributed by atoms with Gasteiger partial charge in [-0.15, -0.1) is 11.8 Å². The van der Waals surface area contributed by atoms with Crippen LogP contribution in [-0.2, 0) is 16.2 Å². The van der Waals surface area contributed by atoms with Gasteiger partial charge in [-0.1, -0.05) is 194 Å². The lowest BCUT2D eigenvalue weighted by molar-refractivity contribution is 0.590. The van der Waals surface area contributed by atoms with E-state index in [0.717, 1.165) is 61.6 Å². The second-order valence-electron chi connectivity index (χ2n) is 24.1. The molecule has 76 heavy (non-hydrogen) atoms. The molecule has 5 heteroatoms. The maximum atomic E-state index is 7.50. The van der Waals surface area contributed by atoms with Crippen molar-refractivity contribution in [3.63, 3.8) is 0 Å². The molecular weight excluding hydrogens is 957 g/mol. The molecule has 11 aromatic rings. The first-order chi connectivity index (χ1) is 36.6. The molecule has 1 aromatic heterocycles. The van der Waals surface area contributed by atoms with Gasteiger partial charge in [0.1, 0.15) is 11.2 Å². The van der Waals surface area contributed by atoms with Crippen LogP contribution in [0.3, 0.4) is 0 Å². The molecule has 0 unspecified atom stereocenters. The SMILES string of the molecule is CSc1ccc(N(c2ccc(C(C)(C)C)cc2)c2cc3c(c4oc5ccccc5c24)-c2c(cc(N(c4ccc(C(C)(C)C)cc4)c4ccc([Si](C)(C)C)cc4)c4ccccc24)C32c3ccccc3-c3ccccc32)cc1. The fraction of sp³-hybridized carbons (Fsp3) is 0.183. The molecule has 0 amide bonds. The zero-order chi connectivity index (χ0) is 52.5. The standard InChI is InChI=1S/C71H64N2OSSi/c1-69(2,3)45-27-31-47(32-28-45)72(50-37-41-52(42-38-50)76(8,9)10)62-43-60-65(56-22-12-11-21-55(56)62)67-61(71(60)58-24-16-13-19-53(58)54-20-14-17-25-59(54)71)44-63(66-57-23-15-18-26-64(57)74-68(66)67)73(49-35-39-51(75-7)40-36-49)48-33-29-46(30-34-48)70(4,5)6/h11-44H,1-10H3. The van der Waals surface area contributed by atoms with E-state index in [9.17, 15) is 0 Å². The predicted molar refractivity (Wildman–Crippen MR) is 329 cm³/mol. The summed E-state index contributed by atoms with van der Waals surface area (Å²) in [5.74, 6) is 0. The third-order valence-electron chi connectivity index (χ3n) is 16.4. The minimum atomic E-state index is -1.60. The number of nitrogens with zero attached hydrogens (tertiary/aromatic N) is 2. The van der Waals surface area contributed by atoms with E-state index in [0.29, 0.717) is 0 Å².